The molecule has 0 aliphatic heterocycles. The zero-order chi connectivity index (χ0) is 13.1. The van der Waals surface area contributed by atoms with Crippen LogP contribution in [0.4, 0.5) is 10.1 Å². The standard InChI is InChI=1S/C15H20FNO/c1-11-5-3-4-6-14(11)17(2)15-8-7-13(16)9-12(15)10-18/h7-11,14H,3-6H2,1-2H3. The molecule has 1 aromatic rings. The van der Waals surface area contributed by atoms with Crippen molar-refractivity contribution in [3.05, 3.63) is 29.6 Å². The Bertz CT molecular complexity index is 433. The van der Waals surface area contributed by atoms with E-state index in [1.165, 1.54) is 31.4 Å². The molecule has 3 heteroatoms. The van der Waals surface area contributed by atoms with Gasteiger partial charge >= 0.3 is 0 Å². The maximum absolute atomic E-state index is 13.1. The lowest BCUT2D eigenvalue weighted by Gasteiger charge is -2.38. The second kappa shape index (κ2) is 5.51. The van der Waals surface area contributed by atoms with Crippen LogP contribution >= 0.6 is 0 Å². The van der Waals surface area contributed by atoms with Gasteiger partial charge in [-0.3, -0.25) is 4.79 Å². The quantitative estimate of drug-likeness (QED) is 0.762. The van der Waals surface area contributed by atoms with Gasteiger partial charge in [-0.05, 0) is 37.0 Å². The second-order valence-corrected chi connectivity index (χ2v) is 5.26. The van der Waals surface area contributed by atoms with E-state index < -0.39 is 0 Å². The summed E-state index contributed by atoms with van der Waals surface area (Å²) < 4.78 is 13.1. The molecule has 0 N–H and O–H groups in total. The van der Waals surface area contributed by atoms with Crippen molar-refractivity contribution >= 4 is 12.0 Å². The molecule has 0 aromatic heterocycles. The maximum Gasteiger partial charge on any atom is 0.152 e. The van der Waals surface area contributed by atoms with Gasteiger partial charge in [-0.25, -0.2) is 4.39 Å². The molecule has 98 valence electrons. The molecule has 0 heterocycles. The second-order valence-electron chi connectivity index (χ2n) is 5.26. The molecule has 2 rings (SSSR count). The van der Waals surface area contributed by atoms with Crippen LogP contribution in [0.2, 0.25) is 0 Å². The minimum absolute atomic E-state index is 0.356. The summed E-state index contributed by atoms with van der Waals surface area (Å²) in [6.07, 6.45) is 5.63. The number of hydrogen-bond acceptors (Lipinski definition) is 2. The first-order valence-corrected chi connectivity index (χ1v) is 6.61. The lowest BCUT2D eigenvalue weighted by atomic mass is 9.84. The molecule has 2 unspecified atom stereocenters. The van der Waals surface area contributed by atoms with Gasteiger partial charge < -0.3 is 4.90 Å². The van der Waals surface area contributed by atoms with Crippen molar-refractivity contribution in [3.8, 4) is 0 Å². The third kappa shape index (κ3) is 2.55. The Balaban J connectivity index is 2.27. The van der Waals surface area contributed by atoms with Crippen molar-refractivity contribution in [2.24, 2.45) is 5.92 Å². The molecule has 0 spiro atoms. The summed E-state index contributed by atoms with van der Waals surface area (Å²) in [4.78, 5) is 13.2. The summed E-state index contributed by atoms with van der Waals surface area (Å²) in [7, 11) is 2.01. The Hall–Kier alpha value is -1.38. The molecule has 1 aliphatic rings. The van der Waals surface area contributed by atoms with Gasteiger partial charge in [0.25, 0.3) is 0 Å². The molecule has 0 amide bonds. The molecule has 0 saturated heterocycles. The largest absolute Gasteiger partial charge is 0.371 e. The van der Waals surface area contributed by atoms with Crippen molar-refractivity contribution in [2.45, 2.75) is 38.6 Å². The molecule has 1 fully saturated rings. The fourth-order valence-electron chi connectivity index (χ4n) is 2.99. The topological polar surface area (TPSA) is 20.3 Å². The zero-order valence-corrected chi connectivity index (χ0v) is 11.0. The van der Waals surface area contributed by atoms with Gasteiger partial charge in [0.15, 0.2) is 6.29 Å². The van der Waals surface area contributed by atoms with E-state index >= 15 is 0 Å². The highest BCUT2D eigenvalue weighted by Crippen LogP contribution is 2.31. The fourth-order valence-corrected chi connectivity index (χ4v) is 2.99. The van der Waals surface area contributed by atoms with Crippen LogP contribution in [0.25, 0.3) is 0 Å². The van der Waals surface area contributed by atoms with Gasteiger partial charge in [-0.1, -0.05) is 19.8 Å². The highest BCUT2D eigenvalue weighted by molar-refractivity contribution is 5.84. The summed E-state index contributed by atoms with van der Waals surface area (Å²) in [5, 5.41) is 0. The first-order chi connectivity index (χ1) is 8.63. The zero-order valence-electron chi connectivity index (χ0n) is 11.0. The van der Waals surface area contributed by atoms with Crippen LogP contribution in [-0.2, 0) is 0 Å². The van der Waals surface area contributed by atoms with Crippen molar-refractivity contribution in [1.29, 1.82) is 0 Å². The van der Waals surface area contributed by atoms with Crippen LogP contribution in [0.15, 0.2) is 18.2 Å². The van der Waals surface area contributed by atoms with Crippen molar-refractivity contribution < 1.29 is 9.18 Å². The number of carbonyl (C=O) groups is 1. The monoisotopic (exact) mass is 249 g/mol. The lowest BCUT2D eigenvalue weighted by Crippen LogP contribution is -2.39. The number of carbonyl (C=O) groups excluding carboxylic acids is 1. The number of halogens is 1. The van der Waals surface area contributed by atoms with Crippen LogP contribution in [0.3, 0.4) is 0 Å². The average molecular weight is 249 g/mol. The van der Waals surface area contributed by atoms with E-state index in [4.69, 9.17) is 0 Å². The van der Waals surface area contributed by atoms with Gasteiger partial charge in [0.1, 0.15) is 5.82 Å². The van der Waals surface area contributed by atoms with Crippen molar-refractivity contribution in [3.63, 3.8) is 0 Å². The number of hydrogen-bond donors (Lipinski definition) is 0. The predicted octanol–water partition coefficient (Wildman–Crippen LogP) is 3.65. The molecular weight excluding hydrogens is 229 g/mol. The van der Waals surface area contributed by atoms with E-state index in [-0.39, 0.29) is 5.82 Å². The van der Waals surface area contributed by atoms with Crippen LogP contribution < -0.4 is 4.90 Å². The molecule has 1 aromatic carbocycles. The molecule has 18 heavy (non-hydrogen) atoms. The normalized spacial score (nSPS) is 23.7. The number of benzene rings is 1. The minimum Gasteiger partial charge on any atom is -0.371 e. The first-order valence-electron chi connectivity index (χ1n) is 6.61. The van der Waals surface area contributed by atoms with Crippen molar-refractivity contribution in [2.75, 3.05) is 11.9 Å². The Morgan fingerprint density at radius 3 is 2.72 bits per heavy atom. The van der Waals surface area contributed by atoms with Gasteiger partial charge in [0.05, 0.1) is 0 Å². The third-order valence-electron chi connectivity index (χ3n) is 4.06. The fraction of sp³-hybridized carbons (Fsp3) is 0.533. The molecule has 0 radical (unpaired) electrons. The maximum atomic E-state index is 13.1. The van der Waals surface area contributed by atoms with Crippen LogP contribution in [0, 0.1) is 11.7 Å². The van der Waals surface area contributed by atoms with E-state index in [9.17, 15) is 9.18 Å². The highest BCUT2D eigenvalue weighted by atomic mass is 19.1. The van der Waals surface area contributed by atoms with Crippen LogP contribution in [0.5, 0.6) is 0 Å². The van der Waals surface area contributed by atoms with Gasteiger partial charge in [-0.15, -0.1) is 0 Å². The molecule has 1 aliphatic carbocycles. The number of rotatable bonds is 3. The molecule has 2 atom stereocenters. The predicted molar refractivity (Wildman–Crippen MR) is 71.6 cm³/mol. The number of aldehydes is 1. The summed E-state index contributed by atoms with van der Waals surface area (Å²) in [6.45, 7) is 2.25. The molecule has 1 saturated carbocycles. The first kappa shape index (κ1) is 13.1. The highest BCUT2D eigenvalue weighted by Gasteiger charge is 2.26. The van der Waals surface area contributed by atoms with E-state index in [2.05, 4.69) is 11.8 Å². The van der Waals surface area contributed by atoms with E-state index in [1.807, 2.05) is 7.05 Å². The molecule has 0 bridgehead atoms. The van der Waals surface area contributed by atoms with E-state index in [0.29, 0.717) is 17.5 Å². The SMILES string of the molecule is CC1CCCCC1N(C)c1ccc(F)cc1C=O. The summed E-state index contributed by atoms with van der Waals surface area (Å²) in [5.41, 5.74) is 1.28. The van der Waals surface area contributed by atoms with E-state index in [0.717, 1.165) is 18.4 Å². The lowest BCUT2D eigenvalue weighted by molar-refractivity contribution is 0.112. The van der Waals surface area contributed by atoms with Crippen molar-refractivity contribution in [1.82, 2.24) is 0 Å². The Morgan fingerprint density at radius 1 is 1.33 bits per heavy atom. The number of nitrogens with zero attached hydrogens (tertiary/aromatic N) is 1. The summed E-state index contributed by atoms with van der Waals surface area (Å²) in [5.74, 6) is 0.263. The summed E-state index contributed by atoms with van der Waals surface area (Å²) >= 11 is 0. The van der Waals surface area contributed by atoms with Gasteiger partial charge in [0, 0.05) is 24.3 Å². The molecular formula is C15H20FNO. The van der Waals surface area contributed by atoms with Gasteiger partial charge in [-0.2, -0.15) is 0 Å². The molecule has 2 nitrogen and oxygen atoms in total. The Morgan fingerprint density at radius 2 is 2.06 bits per heavy atom. The summed E-state index contributed by atoms with van der Waals surface area (Å²) in [6, 6.07) is 4.89. The minimum atomic E-state index is -0.356. The Labute approximate surface area is 108 Å². The third-order valence-corrected chi connectivity index (χ3v) is 4.06. The number of anilines is 1. The van der Waals surface area contributed by atoms with E-state index in [1.54, 1.807) is 6.07 Å². The van der Waals surface area contributed by atoms with Gasteiger partial charge in [0.2, 0.25) is 0 Å². The van der Waals surface area contributed by atoms with Crippen LogP contribution in [-0.4, -0.2) is 19.4 Å². The van der Waals surface area contributed by atoms with Crippen LogP contribution in [0.1, 0.15) is 43.0 Å². The smallest absolute Gasteiger partial charge is 0.152 e. The average Bonchev–Trinajstić information content (AvgIpc) is 2.38. The Kier molecular flexibility index (Phi) is 4.00.